The number of aliphatic hydroxyl groups is 2. The number of aromatic nitrogens is 2. The van der Waals surface area contributed by atoms with E-state index in [1.165, 1.54) is 38.3 Å². The first kappa shape index (κ1) is 40.4. The second-order valence-corrected chi connectivity index (χ2v) is 23.5. The standard InChI is InChI=1S/C26H35N3O3.C22H33BrO3/c1-24(31)7-8-26-15-32-23(21(26)10-24)9-17-18-3-4-20(25(18,2)6-5-19(17)26)22(30)14-29-13-16(11-27)12-28-29;1-20(25)7-8-22-12-26-19(17(22)10-20)9-13-14-3-4-16(18(24)11-23)21(14,2)6-5-15(13)22/h12-13,17-21,23,31H,3-10,14-15H2,1-2H3;13-17,19,25H,3-12H2,1-2H3/t17-,18-,19?,20+,21?,23+,24+,25-,26-;13-,14-,15?,16+,17?,19+,20+,21-,22-/m00/s1. The van der Waals surface area contributed by atoms with Gasteiger partial charge in [-0.3, -0.25) is 14.3 Å². The molecule has 4 bridgehead atoms. The van der Waals surface area contributed by atoms with Gasteiger partial charge in [0.25, 0.3) is 0 Å². The highest BCUT2D eigenvalue weighted by Gasteiger charge is 2.69. The van der Waals surface area contributed by atoms with E-state index in [1.54, 1.807) is 10.9 Å². The Bertz CT molecular complexity index is 1860. The second kappa shape index (κ2) is 13.9. The minimum absolute atomic E-state index is 0.0620. The van der Waals surface area contributed by atoms with Crippen LogP contribution in [-0.2, 0) is 25.6 Å². The lowest BCUT2D eigenvalue weighted by Crippen LogP contribution is -2.58. The summed E-state index contributed by atoms with van der Waals surface area (Å²) >= 11 is 3.43. The largest absolute Gasteiger partial charge is 0.390 e. The maximum Gasteiger partial charge on any atom is 0.157 e. The number of carbonyl (C=O) groups is 2. The molecule has 3 heterocycles. The number of nitrogens with zero attached hydrogens (tertiary/aromatic N) is 3. The molecule has 0 aromatic carbocycles. The van der Waals surface area contributed by atoms with Gasteiger partial charge in [0.05, 0.1) is 60.3 Å². The number of fused-ring (bicyclic) bond motifs is 6. The quantitative estimate of drug-likeness (QED) is 0.284. The monoisotopic (exact) mass is 861 g/mol. The molecule has 10 fully saturated rings. The van der Waals surface area contributed by atoms with Crippen molar-refractivity contribution in [2.24, 2.45) is 80.8 Å². The summed E-state index contributed by atoms with van der Waals surface area (Å²) in [6, 6.07) is 2.09. The summed E-state index contributed by atoms with van der Waals surface area (Å²) in [6.45, 7) is 10.9. The van der Waals surface area contributed by atoms with Crippen molar-refractivity contribution in [3.8, 4) is 6.07 Å². The van der Waals surface area contributed by atoms with Crippen LogP contribution in [0.15, 0.2) is 12.4 Å². The van der Waals surface area contributed by atoms with Crippen LogP contribution in [0.2, 0.25) is 0 Å². The van der Waals surface area contributed by atoms with E-state index in [0.717, 1.165) is 95.7 Å². The third-order valence-electron chi connectivity index (χ3n) is 20.4. The van der Waals surface area contributed by atoms with E-state index >= 15 is 0 Å². The van der Waals surface area contributed by atoms with Crippen LogP contribution in [0.25, 0.3) is 0 Å². The molecule has 10 heteroatoms. The first-order chi connectivity index (χ1) is 27.6. The minimum Gasteiger partial charge on any atom is -0.390 e. The number of alkyl halides is 1. The predicted molar refractivity (Wildman–Crippen MR) is 221 cm³/mol. The molecular formula is C48H68BrN3O6. The van der Waals surface area contributed by atoms with E-state index in [2.05, 4.69) is 40.9 Å². The van der Waals surface area contributed by atoms with Gasteiger partial charge in [0.1, 0.15) is 11.9 Å². The van der Waals surface area contributed by atoms with E-state index in [0.29, 0.717) is 63.7 Å². The Kier molecular flexibility index (Phi) is 9.71. The molecule has 2 saturated heterocycles. The molecule has 58 heavy (non-hydrogen) atoms. The van der Waals surface area contributed by atoms with Crippen LogP contribution < -0.4 is 0 Å². The summed E-state index contributed by atoms with van der Waals surface area (Å²) in [6.07, 6.45) is 21.2. The van der Waals surface area contributed by atoms with Crippen molar-refractivity contribution in [1.29, 1.82) is 5.26 Å². The Morgan fingerprint density at radius 2 is 1.24 bits per heavy atom. The predicted octanol–water partition coefficient (Wildman–Crippen LogP) is 8.07. The van der Waals surface area contributed by atoms with E-state index in [9.17, 15) is 19.8 Å². The summed E-state index contributed by atoms with van der Waals surface area (Å²) in [4.78, 5) is 25.9. The summed E-state index contributed by atoms with van der Waals surface area (Å²) in [7, 11) is 0. The average Bonchev–Trinajstić information content (AvgIpc) is 3.98. The summed E-state index contributed by atoms with van der Waals surface area (Å²) < 4.78 is 14.5. The van der Waals surface area contributed by atoms with Gasteiger partial charge in [-0.15, -0.1) is 0 Å². The topological polar surface area (TPSA) is 135 Å². The van der Waals surface area contributed by atoms with Gasteiger partial charge in [0.2, 0.25) is 0 Å². The maximum absolute atomic E-state index is 13.4. The van der Waals surface area contributed by atoms with Crippen molar-refractivity contribution >= 4 is 27.5 Å². The van der Waals surface area contributed by atoms with Crippen LogP contribution in [0.1, 0.15) is 136 Å². The minimum atomic E-state index is -0.543. The Labute approximate surface area is 354 Å². The third kappa shape index (κ3) is 5.94. The van der Waals surface area contributed by atoms with Crippen LogP contribution in [-0.4, -0.2) is 73.5 Å². The molecule has 18 atom stereocenters. The zero-order chi connectivity index (χ0) is 40.6. The van der Waals surface area contributed by atoms with E-state index in [-0.39, 0.29) is 46.5 Å². The fourth-order valence-electron chi connectivity index (χ4n) is 17.8. The Morgan fingerprint density at radius 3 is 1.71 bits per heavy atom. The Hall–Kier alpha value is -1.64. The van der Waals surface area contributed by atoms with Crippen LogP contribution in [0, 0.1) is 92.2 Å². The van der Waals surface area contributed by atoms with Gasteiger partial charge in [-0.25, -0.2) is 0 Å². The molecule has 1 aromatic rings. The number of nitriles is 1. The Balaban J connectivity index is 0.000000144. The smallest absolute Gasteiger partial charge is 0.157 e. The number of hydrogen-bond acceptors (Lipinski definition) is 8. The highest BCUT2D eigenvalue weighted by molar-refractivity contribution is 9.09. The average molecular weight is 863 g/mol. The Morgan fingerprint density at radius 1 is 0.741 bits per heavy atom. The molecule has 2 N–H and O–H groups in total. The third-order valence-corrected chi connectivity index (χ3v) is 21.0. The van der Waals surface area contributed by atoms with Crippen molar-refractivity contribution in [3.05, 3.63) is 18.0 Å². The van der Waals surface area contributed by atoms with Crippen LogP contribution in [0.4, 0.5) is 0 Å². The summed E-state index contributed by atoms with van der Waals surface area (Å²) in [5.74, 6) is 6.19. The highest BCUT2D eigenvalue weighted by atomic mass is 79.9. The number of ether oxygens (including phenoxy) is 2. The zero-order valence-electron chi connectivity index (χ0n) is 35.5. The lowest BCUT2D eigenvalue weighted by atomic mass is 9.44. The van der Waals surface area contributed by atoms with Gasteiger partial charge < -0.3 is 19.7 Å². The second-order valence-electron chi connectivity index (χ2n) is 23.0. The van der Waals surface area contributed by atoms with Crippen molar-refractivity contribution in [2.45, 2.75) is 160 Å². The molecule has 8 saturated carbocycles. The number of halogens is 1. The summed E-state index contributed by atoms with van der Waals surface area (Å²) in [5, 5.41) is 35.2. The molecule has 11 rings (SSSR count). The normalized spacial score (nSPS) is 53.1. The molecule has 318 valence electrons. The maximum atomic E-state index is 13.4. The van der Waals surface area contributed by atoms with Crippen LogP contribution >= 0.6 is 15.9 Å². The van der Waals surface area contributed by atoms with Gasteiger partial charge in [-0.05, 0) is 175 Å². The van der Waals surface area contributed by atoms with Gasteiger partial charge in [0.15, 0.2) is 5.78 Å². The van der Waals surface area contributed by atoms with Crippen molar-refractivity contribution in [3.63, 3.8) is 0 Å². The number of ketones is 2. The lowest BCUT2D eigenvalue weighted by Gasteiger charge is -2.60. The molecule has 0 radical (unpaired) electrons. The molecule has 2 aliphatic heterocycles. The van der Waals surface area contributed by atoms with E-state index < -0.39 is 11.2 Å². The van der Waals surface area contributed by atoms with Gasteiger partial charge in [-0.2, -0.15) is 10.4 Å². The van der Waals surface area contributed by atoms with Gasteiger partial charge >= 0.3 is 0 Å². The molecule has 0 spiro atoms. The van der Waals surface area contributed by atoms with E-state index in [1.807, 2.05) is 13.8 Å². The SMILES string of the molecule is C[C@@]1(O)CC[C@]23CO[C@H](C[C@@H]4C2CC[C@]2(C)[C@@H](C(=O)CBr)CC[C@@H]42)C3C1.C[C@@]1(O)CC[C@]23CO[C@H](C[C@@H]4C2CC[C@]2(C)[C@@H](C(=O)Cn5cc(C#N)cn5)CC[C@@H]42)C3C1. The fraction of sp³-hybridized carbons (Fsp3) is 0.875. The summed E-state index contributed by atoms with van der Waals surface area (Å²) in [5.41, 5.74) is 0.292. The first-order valence-corrected chi connectivity index (χ1v) is 24.4. The van der Waals surface area contributed by atoms with Crippen molar-refractivity contribution in [2.75, 3.05) is 18.5 Å². The molecule has 9 nitrogen and oxygen atoms in total. The van der Waals surface area contributed by atoms with Crippen LogP contribution in [0.5, 0.6) is 0 Å². The molecule has 0 amide bonds. The molecule has 4 unspecified atom stereocenters. The molecule has 10 aliphatic rings. The highest BCUT2D eigenvalue weighted by Crippen LogP contribution is 2.72. The number of Topliss-reactive ketones (excluding diaryl/α,β-unsaturated/α-hetero) is 2. The molecular weight excluding hydrogens is 794 g/mol. The van der Waals surface area contributed by atoms with Crippen LogP contribution in [0.3, 0.4) is 0 Å². The first-order valence-electron chi connectivity index (χ1n) is 23.3. The van der Waals surface area contributed by atoms with Gasteiger partial charge in [-0.1, -0.05) is 29.8 Å². The number of carbonyl (C=O) groups excluding carboxylic acids is 2. The fourth-order valence-corrected chi connectivity index (χ4v) is 18.2. The molecule has 1 aromatic heterocycles. The van der Waals surface area contributed by atoms with Crippen molar-refractivity contribution in [1.82, 2.24) is 9.78 Å². The lowest BCUT2D eigenvalue weighted by molar-refractivity contribution is -0.145. The van der Waals surface area contributed by atoms with Crippen molar-refractivity contribution < 1.29 is 29.3 Å². The number of rotatable bonds is 5. The molecule has 8 aliphatic carbocycles. The van der Waals surface area contributed by atoms with Gasteiger partial charge in [0, 0.05) is 28.9 Å². The number of hydrogen-bond donors (Lipinski definition) is 2. The van der Waals surface area contributed by atoms with E-state index in [4.69, 9.17) is 14.7 Å². The zero-order valence-corrected chi connectivity index (χ0v) is 37.1.